The van der Waals surface area contributed by atoms with Crippen molar-refractivity contribution in [2.45, 2.75) is 77.6 Å². The molecule has 1 saturated carbocycles. The minimum Gasteiger partial charge on any atom is -0.444 e. The third-order valence-corrected chi connectivity index (χ3v) is 4.49. The van der Waals surface area contributed by atoms with Crippen molar-refractivity contribution < 1.29 is 14.7 Å². The fraction of sp³-hybridized carbons (Fsp3) is 0.933. The average molecular weight is 284 g/mol. The van der Waals surface area contributed by atoms with Gasteiger partial charge >= 0.3 is 6.09 Å². The number of nitrogens with one attached hydrogen (secondary N) is 1. The first-order valence-electron chi connectivity index (χ1n) is 7.64. The number of ether oxygens (including phenoxy) is 1. The lowest BCUT2D eigenvalue weighted by atomic mass is 9.70. The average Bonchev–Trinajstić information content (AvgIpc) is 2.28. The van der Waals surface area contributed by atoms with Crippen molar-refractivity contribution in [3.8, 4) is 0 Å². The Hall–Kier alpha value is -0.810. The molecule has 5 atom stereocenters. The summed E-state index contributed by atoms with van der Waals surface area (Å²) >= 11 is 0. The lowest BCUT2D eigenvalue weighted by Gasteiger charge is -2.49. The Balaban J connectivity index is 2.00. The van der Waals surface area contributed by atoms with Gasteiger partial charge in [-0.2, -0.15) is 5.06 Å². The van der Waals surface area contributed by atoms with E-state index in [1.165, 1.54) is 5.06 Å². The van der Waals surface area contributed by atoms with E-state index in [2.05, 4.69) is 12.2 Å². The molecule has 0 radical (unpaired) electrons. The second-order valence-electron chi connectivity index (χ2n) is 7.50. The van der Waals surface area contributed by atoms with Gasteiger partial charge in [0.15, 0.2) is 0 Å². The van der Waals surface area contributed by atoms with Crippen LogP contribution >= 0.6 is 0 Å². The lowest BCUT2D eigenvalue weighted by molar-refractivity contribution is -0.199. The number of amides is 1. The first-order chi connectivity index (χ1) is 9.17. The summed E-state index contributed by atoms with van der Waals surface area (Å²) in [5.41, 5.74) is -0.466. The Morgan fingerprint density at radius 2 is 1.90 bits per heavy atom. The molecular weight excluding hydrogens is 256 g/mol. The standard InChI is InChI=1S/C15H28N2O3/c1-9-6-12-8-11(7-10(2)17(12)19)13(9)16-14(18)20-15(3,4)5/h9-13,19H,6-8H2,1-5H3,(H,16,18)/t9-,10?,11+,12?,13?/m0/s1. The van der Waals surface area contributed by atoms with Crippen molar-refractivity contribution >= 4 is 6.09 Å². The largest absolute Gasteiger partial charge is 0.444 e. The first-order valence-corrected chi connectivity index (χ1v) is 7.64. The molecule has 2 N–H and O–H groups in total. The summed E-state index contributed by atoms with van der Waals surface area (Å²) in [5.74, 6) is 0.781. The van der Waals surface area contributed by atoms with E-state index in [-0.39, 0.29) is 24.2 Å². The number of hydrogen-bond donors (Lipinski definition) is 2. The number of nitrogens with zero attached hydrogens (tertiary/aromatic N) is 1. The maximum absolute atomic E-state index is 12.0. The molecule has 116 valence electrons. The summed E-state index contributed by atoms with van der Waals surface area (Å²) in [6.45, 7) is 9.81. The number of rotatable bonds is 1. The van der Waals surface area contributed by atoms with Crippen LogP contribution in [-0.4, -0.2) is 40.1 Å². The van der Waals surface area contributed by atoms with Crippen molar-refractivity contribution in [1.29, 1.82) is 0 Å². The number of carbonyl (C=O) groups excluding carboxylic acids is 1. The fourth-order valence-corrected chi connectivity index (χ4v) is 3.70. The maximum Gasteiger partial charge on any atom is 0.407 e. The van der Waals surface area contributed by atoms with Crippen molar-refractivity contribution in [2.75, 3.05) is 0 Å². The minimum atomic E-state index is -0.466. The molecule has 1 aliphatic heterocycles. The maximum atomic E-state index is 12.0. The van der Waals surface area contributed by atoms with E-state index in [9.17, 15) is 10.0 Å². The lowest BCUT2D eigenvalue weighted by Crippen LogP contribution is -2.58. The number of hydrogen-bond acceptors (Lipinski definition) is 4. The predicted molar refractivity (Wildman–Crippen MR) is 76.5 cm³/mol. The van der Waals surface area contributed by atoms with E-state index < -0.39 is 5.60 Å². The van der Waals surface area contributed by atoms with Crippen LogP contribution in [0.4, 0.5) is 4.79 Å². The van der Waals surface area contributed by atoms with Gasteiger partial charge in [0.1, 0.15) is 5.60 Å². The van der Waals surface area contributed by atoms with E-state index >= 15 is 0 Å². The van der Waals surface area contributed by atoms with Crippen LogP contribution < -0.4 is 5.32 Å². The van der Waals surface area contributed by atoms with Gasteiger partial charge in [0.05, 0.1) is 0 Å². The monoisotopic (exact) mass is 284 g/mol. The molecule has 1 saturated heterocycles. The van der Waals surface area contributed by atoms with Crippen LogP contribution in [0, 0.1) is 11.8 Å². The van der Waals surface area contributed by atoms with Gasteiger partial charge in [-0.15, -0.1) is 0 Å². The van der Waals surface area contributed by atoms with E-state index in [0.717, 1.165) is 19.3 Å². The molecule has 5 heteroatoms. The fourth-order valence-electron chi connectivity index (χ4n) is 3.70. The minimum absolute atomic E-state index is 0.150. The highest BCUT2D eigenvalue weighted by Crippen LogP contribution is 2.39. The highest BCUT2D eigenvalue weighted by Gasteiger charge is 2.44. The molecule has 0 aromatic carbocycles. The Morgan fingerprint density at radius 3 is 2.50 bits per heavy atom. The molecule has 20 heavy (non-hydrogen) atoms. The number of fused-ring (bicyclic) bond motifs is 2. The highest BCUT2D eigenvalue weighted by atomic mass is 16.6. The van der Waals surface area contributed by atoms with Gasteiger partial charge in [-0.3, -0.25) is 0 Å². The second-order valence-corrected chi connectivity index (χ2v) is 7.50. The quantitative estimate of drug-likeness (QED) is 0.777. The van der Waals surface area contributed by atoms with Crippen molar-refractivity contribution in [2.24, 2.45) is 11.8 Å². The SMILES string of the molecule is CC1C[C@@H]2CC(C[C@H](C)C2NC(=O)OC(C)(C)C)N1O. The summed E-state index contributed by atoms with van der Waals surface area (Å²) in [7, 11) is 0. The van der Waals surface area contributed by atoms with Crippen molar-refractivity contribution in [3.63, 3.8) is 0 Å². The highest BCUT2D eigenvalue weighted by molar-refractivity contribution is 5.68. The van der Waals surface area contributed by atoms with Crippen LogP contribution in [0.15, 0.2) is 0 Å². The summed E-state index contributed by atoms with van der Waals surface area (Å²) in [6, 6.07) is 0.543. The van der Waals surface area contributed by atoms with Gasteiger partial charge in [0.2, 0.25) is 0 Å². The molecule has 2 rings (SSSR count). The van der Waals surface area contributed by atoms with Crippen molar-refractivity contribution in [3.05, 3.63) is 0 Å². The van der Waals surface area contributed by atoms with Gasteiger partial charge in [0, 0.05) is 18.1 Å². The molecule has 2 bridgehead atoms. The van der Waals surface area contributed by atoms with E-state index in [4.69, 9.17) is 4.74 Å². The first kappa shape index (κ1) is 15.6. The number of piperidine rings is 1. The zero-order valence-corrected chi connectivity index (χ0v) is 13.2. The smallest absolute Gasteiger partial charge is 0.407 e. The molecule has 0 spiro atoms. The third-order valence-electron chi connectivity index (χ3n) is 4.49. The van der Waals surface area contributed by atoms with E-state index in [1.54, 1.807) is 0 Å². The van der Waals surface area contributed by atoms with Gasteiger partial charge in [-0.1, -0.05) is 6.92 Å². The number of hydroxylamine groups is 2. The zero-order chi connectivity index (χ0) is 15.1. The van der Waals surface area contributed by atoms with Gasteiger partial charge < -0.3 is 15.3 Å². The molecular formula is C15H28N2O3. The third kappa shape index (κ3) is 3.44. The molecule has 2 aliphatic rings. The van der Waals surface area contributed by atoms with Crippen LogP contribution in [0.2, 0.25) is 0 Å². The van der Waals surface area contributed by atoms with Crippen LogP contribution in [-0.2, 0) is 4.74 Å². The van der Waals surface area contributed by atoms with Gasteiger partial charge in [-0.05, 0) is 58.8 Å². The summed E-state index contributed by atoms with van der Waals surface area (Å²) < 4.78 is 5.36. The van der Waals surface area contributed by atoms with Crippen LogP contribution in [0.25, 0.3) is 0 Å². The number of alkyl carbamates (subject to hydrolysis) is 1. The van der Waals surface area contributed by atoms with Gasteiger partial charge in [-0.25, -0.2) is 4.79 Å². The van der Waals surface area contributed by atoms with E-state index in [1.807, 2.05) is 27.7 Å². The molecule has 3 unspecified atom stereocenters. The summed E-state index contributed by atoms with van der Waals surface area (Å²) in [4.78, 5) is 12.0. The second kappa shape index (κ2) is 5.53. The van der Waals surface area contributed by atoms with Gasteiger partial charge in [0.25, 0.3) is 0 Å². The Bertz CT molecular complexity index is 363. The molecule has 2 fully saturated rings. The molecule has 5 nitrogen and oxygen atoms in total. The zero-order valence-electron chi connectivity index (χ0n) is 13.2. The molecule has 1 heterocycles. The Morgan fingerprint density at radius 1 is 1.25 bits per heavy atom. The normalized spacial score (nSPS) is 38.4. The van der Waals surface area contributed by atoms with Crippen LogP contribution in [0.3, 0.4) is 0 Å². The predicted octanol–water partition coefficient (Wildman–Crippen LogP) is 2.78. The summed E-state index contributed by atoms with van der Waals surface area (Å²) in [5, 5.41) is 14.6. The number of carbonyl (C=O) groups is 1. The molecule has 1 aliphatic carbocycles. The Kier molecular flexibility index (Phi) is 4.30. The van der Waals surface area contributed by atoms with Crippen LogP contribution in [0.1, 0.15) is 53.9 Å². The molecule has 0 aromatic rings. The van der Waals surface area contributed by atoms with E-state index in [0.29, 0.717) is 11.8 Å². The molecule has 0 aromatic heterocycles. The van der Waals surface area contributed by atoms with Crippen LogP contribution in [0.5, 0.6) is 0 Å². The summed E-state index contributed by atoms with van der Waals surface area (Å²) in [6.07, 6.45) is 2.45. The molecule has 1 amide bonds. The topological polar surface area (TPSA) is 61.8 Å². The van der Waals surface area contributed by atoms with Crippen molar-refractivity contribution in [1.82, 2.24) is 10.4 Å². The Labute approximate surface area is 121 Å².